The minimum atomic E-state index is 0.567. The molecule has 1 N–H and O–H groups in total. The van der Waals surface area contributed by atoms with Crippen LogP contribution >= 0.6 is 15.9 Å². The first-order valence-corrected chi connectivity index (χ1v) is 6.64. The molecule has 2 rings (SSSR count). The number of hydrogen-bond donors (Lipinski definition) is 1. The number of nitrogens with one attached hydrogen (secondary N) is 1. The molecule has 0 aliphatic carbocycles. The Bertz CT molecular complexity index is 344. The van der Waals surface area contributed by atoms with E-state index in [-0.39, 0.29) is 0 Å². The van der Waals surface area contributed by atoms with Gasteiger partial charge in [-0.25, -0.2) is 0 Å². The normalized spacial score (nSPS) is 26.9. The molecule has 1 fully saturated rings. The highest BCUT2D eigenvalue weighted by Crippen LogP contribution is 2.17. The average Bonchev–Trinajstić information content (AvgIpc) is 2.24. The number of halogens is 1. The van der Waals surface area contributed by atoms with E-state index < -0.39 is 0 Å². The van der Waals surface area contributed by atoms with Crippen LogP contribution in [0.5, 0.6) is 0 Å². The number of benzene rings is 1. The molecule has 3 heteroatoms. The van der Waals surface area contributed by atoms with Crippen LogP contribution in [0.25, 0.3) is 0 Å². The van der Waals surface area contributed by atoms with E-state index in [4.69, 9.17) is 0 Å². The van der Waals surface area contributed by atoms with E-state index in [1.807, 2.05) is 0 Å². The minimum absolute atomic E-state index is 0.567. The lowest BCUT2D eigenvalue weighted by Gasteiger charge is -2.38. The Balaban J connectivity index is 2.07. The number of nitrogens with zero attached hydrogens (tertiary/aromatic N) is 1. The molecule has 2 unspecified atom stereocenters. The molecule has 1 aromatic rings. The van der Waals surface area contributed by atoms with Crippen LogP contribution in [0.4, 0.5) is 0 Å². The van der Waals surface area contributed by atoms with Crippen LogP contribution < -0.4 is 5.32 Å². The van der Waals surface area contributed by atoms with Gasteiger partial charge in [-0.15, -0.1) is 0 Å². The fourth-order valence-corrected chi connectivity index (χ4v) is 2.84. The molecule has 88 valence electrons. The Morgan fingerprint density at radius 1 is 1.50 bits per heavy atom. The smallest absolute Gasteiger partial charge is 0.0284 e. The van der Waals surface area contributed by atoms with Gasteiger partial charge >= 0.3 is 0 Å². The molecule has 1 aliphatic rings. The van der Waals surface area contributed by atoms with E-state index in [2.05, 4.69) is 64.4 Å². The van der Waals surface area contributed by atoms with Gasteiger partial charge in [0.25, 0.3) is 0 Å². The van der Waals surface area contributed by atoms with E-state index >= 15 is 0 Å². The lowest BCUT2D eigenvalue weighted by molar-refractivity contribution is 0.157. The van der Waals surface area contributed by atoms with E-state index in [9.17, 15) is 0 Å². The zero-order chi connectivity index (χ0) is 11.5. The van der Waals surface area contributed by atoms with Crippen LogP contribution in [0.1, 0.15) is 12.5 Å². The first-order valence-electron chi connectivity index (χ1n) is 5.85. The van der Waals surface area contributed by atoms with E-state index in [0.717, 1.165) is 19.5 Å². The van der Waals surface area contributed by atoms with Crippen molar-refractivity contribution in [3.8, 4) is 0 Å². The predicted molar refractivity (Wildman–Crippen MR) is 71.7 cm³/mol. The summed E-state index contributed by atoms with van der Waals surface area (Å²) in [6, 6.07) is 9.78. The number of rotatable bonds is 2. The Labute approximate surface area is 106 Å². The van der Waals surface area contributed by atoms with Crippen LogP contribution in [-0.4, -0.2) is 37.1 Å². The molecule has 0 amide bonds. The molecule has 0 spiro atoms. The molecule has 16 heavy (non-hydrogen) atoms. The first-order chi connectivity index (χ1) is 7.66. The van der Waals surface area contributed by atoms with E-state index in [1.165, 1.54) is 10.0 Å². The highest BCUT2D eigenvalue weighted by Gasteiger charge is 2.25. The highest BCUT2D eigenvalue weighted by molar-refractivity contribution is 9.10. The summed E-state index contributed by atoms with van der Waals surface area (Å²) in [7, 11) is 2.22. The molecule has 1 aliphatic heterocycles. The van der Waals surface area contributed by atoms with Gasteiger partial charge < -0.3 is 10.2 Å². The van der Waals surface area contributed by atoms with E-state index in [1.54, 1.807) is 0 Å². The molecule has 1 heterocycles. The first kappa shape index (κ1) is 12.1. The van der Waals surface area contributed by atoms with Gasteiger partial charge in [-0.3, -0.25) is 0 Å². The fraction of sp³-hybridized carbons (Fsp3) is 0.538. The SMILES string of the molecule is CC1NCCN(C)C1Cc1cccc(Br)c1. The Kier molecular flexibility index (Phi) is 4.00. The van der Waals surface area contributed by atoms with Crippen molar-refractivity contribution in [3.05, 3.63) is 34.3 Å². The minimum Gasteiger partial charge on any atom is -0.311 e. The molecular weight excluding hydrogens is 264 g/mol. The van der Waals surface area contributed by atoms with Crippen molar-refractivity contribution < 1.29 is 0 Å². The lowest BCUT2D eigenvalue weighted by atomic mass is 9.97. The molecule has 0 saturated carbocycles. The van der Waals surface area contributed by atoms with Crippen molar-refractivity contribution in [3.63, 3.8) is 0 Å². The summed E-state index contributed by atoms with van der Waals surface area (Å²) in [6.07, 6.45) is 1.12. The number of likely N-dealkylation sites (N-methyl/N-ethyl adjacent to an activating group) is 1. The van der Waals surface area contributed by atoms with Crippen molar-refractivity contribution in [1.82, 2.24) is 10.2 Å². The van der Waals surface area contributed by atoms with Crippen LogP contribution in [-0.2, 0) is 6.42 Å². The largest absolute Gasteiger partial charge is 0.311 e. The lowest BCUT2D eigenvalue weighted by Crippen LogP contribution is -2.55. The van der Waals surface area contributed by atoms with Crippen molar-refractivity contribution in [1.29, 1.82) is 0 Å². The van der Waals surface area contributed by atoms with Crippen LogP contribution in [0.15, 0.2) is 28.7 Å². The van der Waals surface area contributed by atoms with Crippen molar-refractivity contribution in [2.45, 2.75) is 25.4 Å². The van der Waals surface area contributed by atoms with Gasteiger partial charge in [-0.1, -0.05) is 28.1 Å². The van der Waals surface area contributed by atoms with Crippen LogP contribution in [0, 0.1) is 0 Å². The molecular formula is C13H19BrN2. The fourth-order valence-electron chi connectivity index (χ4n) is 2.39. The van der Waals surface area contributed by atoms with Crippen LogP contribution in [0.2, 0.25) is 0 Å². The summed E-state index contributed by atoms with van der Waals surface area (Å²) in [5.41, 5.74) is 1.40. The summed E-state index contributed by atoms with van der Waals surface area (Å²) < 4.78 is 1.17. The molecule has 0 radical (unpaired) electrons. The van der Waals surface area contributed by atoms with Gasteiger partial charge in [0.2, 0.25) is 0 Å². The van der Waals surface area contributed by atoms with Crippen molar-refractivity contribution >= 4 is 15.9 Å². The Morgan fingerprint density at radius 2 is 2.31 bits per heavy atom. The molecule has 0 aromatic heterocycles. The summed E-state index contributed by atoms with van der Waals surface area (Å²) >= 11 is 3.53. The predicted octanol–water partition coefficient (Wildman–Crippen LogP) is 2.28. The second-order valence-electron chi connectivity index (χ2n) is 4.62. The molecule has 0 bridgehead atoms. The quantitative estimate of drug-likeness (QED) is 0.896. The van der Waals surface area contributed by atoms with E-state index in [0.29, 0.717) is 12.1 Å². The van der Waals surface area contributed by atoms with Gasteiger partial charge in [-0.05, 0) is 38.1 Å². The van der Waals surface area contributed by atoms with Gasteiger partial charge in [0.05, 0.1) is 0 Å². The van der Waals surface area contributed by atoms with Gasteiger partial charge in [-0.2, -0.15) is 0 Å². The number of hydrogen-bond acceptors (Lipinski definition) is 2. The summed E-state index contributed by atoms with van der Waals surface area (Å²) in [5, 5.41) is 3.54. The molecule has 1 aromatic carbocycles. The maximum atomic E-state index is 3.54. The molecule has 2 atom stereocenters. The standard InChI is InChI=1S/C13H19BrN2/c1-10-13(16(2)7-6-15-10)9-11-4-3-5-12(14)8-11/h3-5,8,10,13,15H,6-7,9H2,1-2H3. The van der Waals surface area contributed by atoms with Gasteiger partial charge in [0.15, 0.2) is 0 Å². The molecule has 2 nitrogen and oxygen atoms in total. The van der Waals surface area contributed by atoms with Crippen molar-refractivity contribution in [2.24, 2.45) is 0 Å². The second kappa shape index (κ2) is 5.30. The zero-order valence-corrected chi connectivity index (χ0v) is 11.5. The number of piperazine rings is 1. The molecule has 1 saturated heterocycles. The second-order valence-corrected chi connectivity index (χ2v) is 5.54. The van der Waals surface area contributed by atoms with Gasteiger partial charge in [0, 0.05) is 29.6 Å². The summed E-state index contributed by atoms with van der Waals surface area (Å²) in [4.78, 5) is 2.46. The average molecular weight is 283 g/mol. The zero-order valence-electron chi connectivity index (χ0n) is 9.91. The van der Waals surface area contributed by atoms with Crippen molar-refractivity contribution in [2.75, 3.05) is 20.1 Å². The maximum Gasteiger partial charge on any atom is 0.0284 e. The third-order valence-electron chi connectivity index (χ3n) is 3.41. The monoisotopic (exact) mass is 282 g/mol. The van der Waals surface area contributed by atoms with Crippen LogP contribution in [0.3, 0.4) is 0 Å². The highest BCUT2D eigenvalue weighted by atomic mass is 79.9. The Morgan fingerprint density at radius 3 is 3.00 bits per heavy atom. The van der Waals surface area contributed by atoms with Gasteiger partial charge in [0.1, 0.15) is 0 Å². The summed E-state index contributed by atoms with van der Waals surface area (Å²) in [6.45, 7) is 4.52. The maximum absolute atomic E-state index is 3.54. The third kappa shape index (κ3) is 2.84. The Hall–Kier alpha value is -0.380. The topological polar surface area (TPSA) is 15.3 Å². The third-order valence-corrected chi connectivity index (χ3v) is 3.90. The summed E-state index contributed by atoms with van der Waals surface area (Å²) in [5.74, 6) is 0.